The molecule has 0 aliphatic heterocycles. The van der Waals surface area contributed by atoms with Gasteiger partial charge >= 0.3 is 5.97 Å². The molecule has 0 heterocycles. The Morgan fingerprint density at radius 1 is 0.964 bits per heavy atom. The first-order chi connectivity index (χ1) is 13.7. The molecule has 1 atom stereocenters. The lowest BCUT2D eigenvalue weighted by atomic mass is 9.94. The molecule has 4 nitrogen and oxygen atoms in total. The van der Waals surface area contributed by atoms with Gasteiger partial charge in [0.2, 0.25) is 0 Å². The highest BCUT2D eigenvalue weighted by molar-refractivity contribution is 5.69. The SMILES string of the molecule is CCOC(=O)CCCCCCNC(c1ccccc1C)c1ccccc1OC. The second kappa shape index (κ2) is 12.2. The predicted octanol–water partition coefficient (Wildman–Crippen LogP) is 5.20. The maximum atomic E-state index is 11.4. The Morgan fingerprint density at radius 3 is 2.36 bits per heavy atom. The zero-order valence-corrected chi connectivity index (χ0v) is 17.4. The van der Waals surface area contributed by atoms with Crippen LogP contribution in [0.1, 0.15) is 61.8 Å². The first kappa shape index (κ1) is 22.0. The number of hydrogen-bond acceptors (Lipinski definition) is 4. The molecule has 152 valence electrons. The van der Waals surface area contributed by atoms with Crippen molar-refractivity contribution in [3.63, 3.8) is 0 Å². The van der Waals surface area contributed by atoms with Crippen LogP contribution in [0.4, 0.5) is 0 Å². The summed E-state index contributed by atoms with van der Waals surface area (Å²) in [6.07, 6.45) is 4.63. The molecule has 0 fully saturated rings. The van der Waals surface area contributed by atoms with Crippen LogP contribution >= 0.6 is 0 Å². The Hall–Kier alpha value is -2.33. The topological polar surface area (TPSA) is 47.6 Å². The first-order valence-electron chi connectivity index (χ1n) is 10.2. The van der Waals surface area contributed by atoms with Crippen molar-refractivity contribution in [1.29, 1.82) is 0 Å². The fourth-order valence-electron chi connectivity index (χ4n) is 3.43. The van der Waals surface area contributed by atoms with Gasteiger partial charge in [0.05, 0.1) is 19.8 Å². The molecular formula is C24H33NO3. The van der Waals surface area contributed by atoms with E-state index in [2.05, 4.69) is 48.6 Å². The largest absolute Gasteiger partial charge is 0.496 e. The van der Waals surface area contributed by atoms with Gasteiger partial charge in [-0.15, -0.1) is 0 Å². The standard InChI is InChI=1S/C24H33NO3/c1-4-28-23(26)17-7-5-6-12-18-25-24(20-14-9-8-13-19(20)2)21-15-10-11-16-22(21)27-3/h8-11,13-16,24-25H,4-7,12,17-18H2,1-3H3. The molecule has 0 amide bonds. The molecule has 0 saturated heterocycles. The van der Waals surface area contributed by atoms with Crippen LogP contribution in [0.3, 0.4) is 0 Å². The Balaban J connectivity index is 1.93. The van der Waals surface area contributed by atoms with Gasteiger partial charge in [-0.05, 0) is 50.4 Å². The number of carbonyl (C=O) groups is 1. The van der Waals surface area contributed by atoms with Gasteiger partial charge < -0.3 is 14.8 Å². The fourth-order valence-corrected chi connectivity index (χ4v) is 3.43. The van der Waals surface area contributed by atoms with Crippen LogP contribution in [0.5, 0.6) is 5.75 Å². The summed E-state index contributed by atoms with van der Waals surface area (Å²) in [6.45, 7) is 5.37. The minimum Gasteiger partial charge on any atom is -0.496 e. The Labute approximate surface area is 169 Å². The summed E-state index contributed by atoms with van der Waals surface area (Å²) >= 11 is 0. The fraction of sp³-hybridized carbons (Fsp3) is 0.458. The van der Waals surface area contributed by atoms with Crippen LogP contribution in [-0.4, -0.2) is 26.2 Å². The van der Waals surface area contributed by atoms with Gasteiger partial charge in [-0.2, -0.15) is 0 Å². The normalized spacial score (nSPS) is 11.8. The van der Waals surface area contributed by atoms with Crippen LogP contribution < -0.4 is 10.1 Å². The molecule has 0 aliphatic carbocycles. The van der Waals surface area contributed by atoms with Crippen LogP contribution in [-0.2, 0) is 9.53 Å². The molecule has 0 aromatic heterocycles. The van der Waals surface area contributed by atoms with E-state index in [0.717, 1.165) is 43.5 Å². The molecule has 0 bridgehead atoms. The lowest BCUT2D eigenvalue weighted by molar-refractivity contribution is -0.143. The molecule has 1 N–H and O–H groups in total. The van der Waals surface area contributed by atoms with E-state index in [-0.39, 0.29) is 12.0 Å². The summed E-state index contributed by atoms with van der Waals surface area (Å²) in [5, 5.41) is 3.72. The number of aryl methyl sites for hydroxylation is 1. The van der Waals surface area contributed by atoms with Gasteiger partial charge in [-0.3, -0.25) is 4.79 Å². The zero-order valence-electron chi connectivity index (χ0n) is 17.4. The molecular weight excluding hydrogens is 350 g/mol. The molecule has 0 aliphatic rings. The summed E-state index contributed by atoms with van der Waals surface area (Å²) in [7, 11) is 1.72. The number of nitrogens with one attached hydrogen (secondary N) is 1. The number of carbonyl (C=O) groups excluding carboxylic acids is 1. The van der Waals surface area contributed by atoms with E-state index < -0.39 is 0 Å². The van der Waals surface area contributed by atoms with Gasteiger partial charge in [0, 0.05) is 12.0 Å². The minimum atomic E-state index is -0.0867. The third kappa shape index (κ3) is 6.68. The monoisotopic (exact) mass is 383 g/mol. The van der Waals surface area contributed by atoms with Crippen LogP contribution in [0, 0.1) is 6.92 Å². The Bertz CT molecular complexity index is 729. The van der Waals surface area contributed by atoms with E-state index >= 15 is 0 Å². The second-order valence-electron chi connectivity index (χ2n) is 6.95. The van der Waals surface area contributed by atoms with Crippen molar-refractivity contribution in [1.82, 2.24) is 5.32 Å². The van der Waals surface area contributed by atoms with E-state index in [1.54, 1.807) is 7.11 Å². The molecule has 0 radical (unpaired) electrons. The molecule has 2 aromatic rings. The molecule has 0 saturated carbocycles. The van der Waals surface area contributed by atoms with Gasteiger partial charge in [0.15, 0.2) is 0 Å². The van der Waals surface area contributed by atoms with E-state index in [4.69, 9.17) is 9.47 Å². The predicted molar refractivity (Wildman–Crippen MR) is 114 cm³/mol. The van der Waals surface area contributed by atoms with Gasteiger partial charge in [0.1, 0.15) is 5.75 Å². The van der Waals surface area contributed by atoms with E-state index in [1.807, 2.05) is 19.1 Å². The number of unbranched alkanes of at least 4 members (excludes halogenated alkanes) is 3. The number of rotatable bonds is 12. The highest BCUT2D eigenvalue weighted by atomic mass is 16.5. The lowest BCUT2D eigenvalue weighted by Gasteiger charge is -2.23. The molecule has 2 rings (SSSR count). The van der Waals surface area contributed by atoms with Crippen molar-refractivity contribution in [2.45, 2.75) is 52.0 Å². The highest BCUT2D eigenvalue weighted by Gasteiger charge is 2.18. The quantitative estimate of drug-likeness (QED) is 0.404. The van der Waals surface area contributed by atoms with Crippen molar-refractivity contribution in [2.75, 3.05) is 20.3 Å². The van der Waals surface area contributed by atoms with Crippen molar-refractivity contribution >= 4 is 5.97 Å². The van der Waals surface area contributed by atoms with E-state index in [0.29, 0.717) is 13.0 Å². The number of benzene rings is 2. The van der Waals surface area contributed by atoms with Gasteiger partial charge in [-0.1, -0.05) is 55.3 Å². The zero-order chi connectivity index (χ0) is 20.2. The van der Waals surface area contributed by atoms with Crippen LogP contribution in [0.25, 0.3) is 0 Å². The van der Waals surface area contributed by atoms with Crippen LogP contribution in [0.2, 0.25) is 0 Å². The third-order valence-corrected chi connectivity index (χ3v) is 4.91. The molecule has 2 aromatic carbocycles. The minimum absolute atomic E-state index is 0.0867. The lowest BCUT2D eigenvalue weighted by Crippen LogP contribution is -2.24. The van der Waals surface area contributed by atoms with Crippen molar-refractivity contribution in [3.8, 4) is 5.75 Å². The molecule has 28 heavy (non-hydrogen) atoms. The number of para-hydroxylation sites is 1. The van der Waals surface area contributed by atoms with Crippen molar-refractivity contribution < 1.29 is 14.3 Å². The Morgan fingerprint density at radius 2 is 1.64 bits per heavy atom. The molecule has 0 spiro atoms. The summed E-state index contributed by atoms with van der Waals surface area (Å²) in [4.78, 5) is 11.4. The smallest absolute Gasteiger partial charge is 0.305 e. The average molecular weight is 384 g/mol. The summed E-state index contributed by atoms with van der Waals surface area (Å²) in [6, 6.07) is 16.8. The molecule has 4 heteroatoms. The highest BCUT2D eigenvalue weighted by Crippen LogP contribution is 2.31. The van der Waals surface area contributed by atoms with Gasteiger partial charge in [0.25, 0.3) is 0 Å². The molecule has 1 unspecified atom stereocenters. The van der Waals surface area contributed by atoms with E-state index in [1.165, 1.54) is 11.1 Å². The third-order valence-electron chi connectivity index (χ3n) is 4.91. The first-order valence-corrected chi connectivity index (χ1v) is 10.2. The number of hydrogen-bond donors (Lipinski definition) is 1. The maximum absolute atomic E-state index is 11.4. The average Bonchev–Trinajstić information content (AvgIpc) is 2.71. The van der Waals surface area contributed by atoms with Gasteiger partial charge in [-0.25, -0.2) is 0 Å². The summed E-state index contributed by atoms with van der Waals surface area (Å²) in [5.74, 6) is 0.814. The van der Waals surface area contributed by atoms with Crippen LogP contribution in [0.15, 0.2) is 48.5 Å². The number of methoxy groups -OCH3 is 1. The van der Waals surface area contributed by atoms with Crippen molar-refractivity contribution in [2.24, 2.45) is 0 Å². The Kier molecular flexibility index (Phi) is 9.56. The van der Waals surface area contributed by atoms with E-state index in [9.17, 15) is 4.79 Å². The summed E-state index contributed by atoms with van der Waals surface area (Å²) in [5.41, 5.74) is 3.69. The van der Waals surface area contributed by atoms with Crippen molar-refractivity contribution in [3.05, 3.63) is 65.2 Å². The maximum Gasteiger partial charge on any atom is 0.305 e. The second-order valence-corrected chi connectivity index (χ2v) is 6.95. The number of ether oxygens (including phenoxy) is 2. The number of esters is 1. The summed E-state index contributed by atoms with van der Waals surface area (Å²) < 4.78 is 10.6.